The van der Waals surface area contributed by atoms with Crippen molar-refractivity contribution < 1.29 is 19.7 Å². The first kappa shape index (κ1) is 15.9. The van der Waals surface area contributed by atoms with Crippen molar-refractivity contribution in [1.82, 2.24) is 19.9 Å². The Morgan fingerprint density at radius 3 is 2.92 bits per heavy atom. The van der Waals surface area contributed by atoms with Crippen LogP contribution in [0.4, 0.5) is 0 Å². The van der Waals surface area contributed by atoms with Crippen LogP contribution in [0.25, 0.3) is 22.6 Å². The number of rotatable bonds is 6. The second kappa shape index (κ2) is 6.63. The van der Waals surface area contributed by atoms with Crippen LogP contribution in [0.2, 0.25) is 0 Å². The number of imidazole rings is 1. The Hall–Kier alpha value is -3.00. The fourth-order valence-corrected chi connectivity index (χ4v) is 2.24. The van der Waals surface area contributed by atoms with E-state index < -0.39 is 5.97 Å². The van der Waals surface area contributed by atoms with E-state index in [4.69, 9.17) is 14.9 Å². The summed E-state index contributed by atoms with van der Waals surface area (Å²) in [4.78, 5) is 26.1. The van der Waals surface area contributed by atoms with Gasteiger partial charge in [0.2, 0.25) is 5.82 Å². The van der Waals surface area contributed by atoms with Gasteiger partial charge in [-0.3, -0.25) is 0 Å². The van der Waals surface area contributed by atoms with E-state index in [9.17, 15) is 4.79 Å². The van der Waals surface area contributed by atoms with Gasteiger partial charge in [-0.15, -0.1) is 0 Å². The molecule has 0 amide bonds. The maximum atomic E-state index is 11.0. The van der Waals surface area contributed by atoms with Crippen LogP contribution in [0, 0.1) is 6.92 Å². The van der Waals surface area contributed by atoms with E-state index in [2.05, 4.69) is 19.9 Å². The van der Waals surface area contributed by atoms with Crippen LogP contribution in [0.3, 0.4) is 0 Å². The highest BCUT2D eigenvalue weighted by Crippen LogP contribution is 2.30. The van der Waals surface area contributed by atoms with Gasteiger partial charge in [0, 0.05) is 13.0 Å². The van der Waals surface area contributed by atoms with E-state index in [1.807, 2.05) is 25.1 Å². The molecule has 8 nitrogen and oxygen atoms in total. The summed E-state index contributed by atoms with van der Waals surface area (Å²) in [5.41, 5.74) is 2.58. The predicted molar refractivity (Wildman–Crippen MR) is 86.0 cm³/mol. The lowest BCUT2D eigenvalue weighted by Gasteiger charge is -2.10. The molecule has 0 aliphatic rings. The molecular weight excluding hydrogens is 312 g/mol. The molecule has 2 aromatic heterocycles. The van der Waals surface area contributed by atoms with Gasteiger partial charge in [-0.1, -0.05) is 11.6 Å². The molecule has 124 valence electrons. The number of aromatic carboxylic acids is 1. The Balaban J connectivity index is 2.02. The fraction of sp³-hybridized carbons (Fsp3) is 0.250. The minimum Gasteiger partial charge on any atom is -0.493 e. The van der Waals surface area contributed by atoms with E-state index in [-0.39, 0.29) is 18.1 Å². The van der Waals surface area contributed by atoms with Gasteiger partial charge in [-0.2, -0.15) is 0 Å². The number of aryl methyl sites for hydroxylation is 1. The smallest absolute Gasteiger partial charge is 0.374 e. The minimum absolute atomic E-state index is 0.0549. The first-order chi connectivity index (χ1) is 11.6. The molecule has 0 spiro atoms. The molecule has 3 rings (SSSR count). The average Bonchev–Trinajstić information content (AvgIpc) is 2.99. The van der Waals surface area contributed by atoms with Gasteiger partial charge >= 0.3 is 5.97 Å². The molecular formula is C16H16N4O4. The first-order valence-corrected chi connectivity index (χ1v) is 7.39. The number of carboxylic acids is 1. The highest BCUT2D eigenvalue weighted by molar-refractivity contribution is 5.86. The minimum atomic E-state index is -1.20. The summed E-state index contributed by atoms with van der Waals surface area (Å²) < 4.78 is 5.69. The second-order valence-electron chi connectivity index (χ2n) is 5.25. The highest BCUT2D eigenvalue weighted by Gasteiger charge is 2.15. The zero-order chi connectivity index (χ0) is 17.1. The normalized spacial score (nSPS) is 10.9. The number of aromatic nitrogens is 4. The Labute approximate surface area is 137 Å². The van der Waals surface area contributed by atoms with E-state index in [1.165, 1.54) is 6.20 Å². The number of carbonyl (C=O) groups is 1. The van der Waals surface area contributed by atoms with Gasteiger partial charge in [0.25, 0.3) is 0 Å². The summed E-state index contributed by atoms with van der Waals surface area (Å²) in [5, 5.41) is 17.8. The topological polar surface area (TPSA) is 121 Å². The lowest BCUT2D eigenvalue weighted by Crippen LogP contribution is -2.03. The van der Waals surface area contributed by atoms with Crippen LogP contribution < -0.4 is 4.74 Å². The van der Waals surface area contributed by atoms with Crippen molar-refractivity contribution in [3.8, 4) is 17.1 Å². The number of benzene rings is 1. The van der Waals surface area contributed by atoms with Crippen LogP contribution in [0.5, 0.6) is 5.75 Å². The standard InChI is InChI=1S/C16H16N4O4/c1-9-3-4-12(24-6-2-5-21)10(7-9)13-18-11-8-17-15(16(22)23)20-14(11)19-13/h3-4,7-8,21H,2,5-6H2,1H3,(H,22,23)(H,17,18,19,20). The summed E-state index contributed by atoms with van der Waals surface area (Å²) in [6.07, 6.45) is 1.92. The highest BCUT2D eigenvalue weighted by atomic mass is 16.5. The number of carboxylic acid groups (broad SMARTS) is 1. The molecule has 8 heteroatoms. The Kier molecular flexibility index (Phi) is 4.39. The third-order valence-electron chi connectivity index (χ3n) is 3.38. The van der Waals surface area contributed by atoms with Gasteiger partial charge in [-0.25, -0.2) is 19.7 Å². The largest absolute Gasteiger partial charge is 0.493 e. The average molecular weight is 328 g/mol. The molecule has 0 radical (unpaired) electrons. The molecule has 0 saturated heterocycles. The zero-order valence-corrected chi connectivity index (χ0v) is 13.0. The number of aliphatic hydroxyl groups excluding tert-OH is 1. The fourth-order valence-electron chi connectivity index (χ4n) is 2.24. The maximum absolute atomic E-state index is 11.0. The molecule has 0 atom stereocenters. The van der Waals surface area contributed by atoms with E-state index in [1.54, 1.807) is 0 Å². The molecule has 24 heavy (non-hydrogen) atoms. The summed E-state index contributed by atoms with van der Waals surface area (Å²) in [5.74, 6) is -0.363. The predicted octanol–water partition coefficient (Wildman–Crippen LogP) is 1.79. The van der Waals surface area contributed by atoms with Crippen LogP contribution in [0.15, 0.2) is 24.4 Å². The molecule has 0 fully saturated rings. The quantitative estimate of drug-likeness (QED) is 0.590. The number of fused-ring (bicyclic) bond motifs is 1. The molecule has 2 heterocycles. The summed E-state index contributed by atoms with van der Waals surface area (Å²) in [7, 11) is 0. The monoisotopic (exact) mass is 328 g/mol. The number of H-pyrrole nitrogens is 1. The van der Waals surface area contributed by atoms with Crippen molar-refractivity contribution in [2.24, 2.45) is 0 Å². The number of aliphatic hydroxyl groups is 1. The van der Waals surface area contributed by atoms with Gasteiger partial charge in [0.1, 0.15) is 17.1 Å². The number of hydrogen-bond acceptors (Lipinski definition) is 6. The van der Waals surface area contributed by atoms with E-state index >= 15 is 0 Å². The number of nitrogens with zero attached hydrogens (tertiary/aromatic N) is 3. The third-order valence-corrected chi connectivity index (χ3v) is 3.38. The summed E-state index contributed by atoms with van der Waals surface area (Å²) in [6.45, 7) is 2.39. The molecule has 0 aliphatic heterocycles. The summed E-state index contributed by atoms with van der Waals surface area (Å²) >= 11 is 0. The van der Waals surface area contributed by atoms with Crippen LogP contribution in [-0.2, 0) is 0 Å². The molecule has 1 aromatic carbocycles. The SMILES string of the molecule is Cc1ccc(OCCCO)c(-c2nc3nc(C(=O)O)ncc3[nH]2)c1. The lowest BCUT2D eigenvalue weighted by molar-refractivity contribution is 0.0684. The zero-order valence-electron chi connectivity index (χ0n) is 13.0. The first-order valence-electron chi connectivity index (χ1n) is 7.39. The van der Waals surface area contributed by atoms with Gasteiger partial charge in [0.05, 0.1) is 18.4 Å². The summed E-state index contributed by atoms with van der Waals surface area (Å²) in [6, 6.07) is 5.67. The number of hydrogen-bond donors (Lipinski definition) is 3. The third kappa shape index (κ3) is 3.18. The Morgan fingerprint density at radius 2 is 2.17 bits per heavy atom. The number of aromatic amines is 1. The van der Waals surface area contributed by atoms with Gasteiger partial charge < -0.3 is 19.9 Å². The van der Waals surface area contributed by atoms with Crippen molar-refractivity contribution in [2.75, 3.05) is 13.2 Å². The molecule has 3 aromatic rings. The van der Waals surface area contributed by atoms with Crippen molar-refractivity contribution in [3.05, 3.63) is 35.8 Å². The van der Waals surface area contributed by atoms with Crippen molar-refractivity contribution in [1.29, 1.82) is 0 Å². The molecule has 3 N–H and O–H groups in total. The maximum Gasteiger partial charge on any atom is 0.374 e. The lowest BCUT2D eigenvalue weighted by atomic mass is 10.1. The number of ether oxygens (including phenoxy) is 1. The Morgan fingerprint density at radius 1 is 1.33 bits per heavy atom. The molecule has 0 saturated carbocycles. The van der Waals surface area contributed by atoms with Crippen LogP contribution >= 0.6 is 0 Å². The molecule has 0 aliphatic carbocycles. The van der Waals surface area contributed by atoms with Crippen molar-refractivity contribution in [2.45, 2.75) is 13.3 Å². The van der Waals surface area contributed by atoms with Gasteiger partial charge in [0.15, 0.2) is 5.65 Å². The second-order valence-corrected chi connectivity index (χ2v) is 5.25. The van der Waals surface area contributed by atoms with Crippen LogP contribution in [0.1, 0.15) is 22.6 Å². The van der Waals surface area contributed by atoms with Crippen molar-refractivity contribution in [3.63, 3.8) is 0 Å². The molecule has 0 unspecified atom stereocenters. The van der Waals surface area contributed by atoms with Gasteiger partial charge in [-0.05, 0) is 19.1 Å². The number of nitrogens with one attached hydrogen (secondary N) is 1. The molecule has 0 bridgehead atoms. The Bertz CT molecular complexity index is 891. The van der Waals surface area contributed by atoms with Crippen molar-refractivity contribution >= 4 is 17.1 Å². The van der Waals surface area contributed by atoms with E-state index in [0.717, 1.165) is 11.1 Å². The van der Waals surface area contributed by atoms with E-state index in [0.29, 0.717) is 30.1 Å². The van der Waals surface area contributed by atoms with Crippen LogP contribution in [-0.4, -0.2) is 49.3 Å².